The topological polar surface area (TPSA) is 57.4 Å². The molecular formula is C13H16N2O2. The van der Waals surface area contributed by atoms with Crippen LogP contribution in [0.15, 0.2) is 30.6 Å². The second kappa shape index (κ2) is 5.50. The van der Waals surface area contributed by atoms with Crippen LogP contribution in [0.25, 0.3) is 10.8 Å². The van der Waals surface area contributed by atoms with Crippen LogP contribution in [-0.4, -0.2) is 24.8 Å². The number of benzene rings is 1. The van der Waals surface area contributed by atoms with Crippen molar-refractivity contribution in [3.63, 3.8) is 0 Å². The third-order valence-corrected chi connectivity index (χ3v) is 2.50. The van der Waals surface area contributed by atoms with Crippen LogP contribution in [0.5, 0.6) is 5.75 Å². The lowest BCUT2D eigenvalue weighted by Crippen LogP contribution is -2.06. The molecule has 0 aliphatic heterocycles. The number of hydrogen-bond donors (Lipinski definition) is 1. The van der Waals surface area contributed by atoms with Gasteiger partial charge in [0.1, 0.15) is 12.4 Å². The van der Waals surface area contributed by atoms with Crippen LogP contribution in [0.1, 0.15) is 6.92 Å². The van der Waals surface area contributed by atoms with Gasteiger partial charge in [-0.2, -0.15) is 0 Å². The summed E-state index contributed by atoms with van der Waals surface area (Å²) in [6, 6.07) is 5.60. The molecule has 0 radical (unpaired) electrons. The molecule has 2 N–H and O–H groups in total. The predicted molar refractivity (Wildman–Crippen MR) is 68.1 cm³/mol. The first-order chi connectivity index (χ1) is 8.33. The van der Waals surface area contributed by atoms with E-state index in [0.29, 0.717) is 19.8 Å². The van der Waals surface area contributed by atoms with E-state index in [4.69, 9.17) is 15.2 Å². The van der Waals surface area contributed by atoms with Crippen LogP contribution in [-0.2, 0) is 4.74 Å². The average molecular weight is 232 g/mol. The lowest BCUT2D eigenvalue weighted by atomic mass is 10.1. The summed E-state index contributed by atoms with van der Waals surface area (Å²) in [5, 5.41) is 1.90. The molecule has 0 bridgehead atoms. The maximum absolute atomic E-state index is 5.89. The van der Waals surface area contributed by atoms with Gasteiger partial charge in [-0.25, -0.2) is 0 Å². The normalized spacial score (nSPS) is 10.6. The molecule has 90 valence electrons. The van der Waals surface area contributed by atoms with E-state index in [2.05, 4.69) is 4.98 Å². The minimum absolute atomic E-state index is 0.530. The van der Waals surface area contributed by atoms with Crippen LogP contribution < -0.4 is 10.5 Å². The maximum Gasteiger partial charge on any atom is 0.128 e. The molecule has 1 heterocycles. The average Bonchev–Trinajstić information content (AvgIpc) is 2.37. The summed E-state index contributed by atoms with van der Waals surface area (Å²) in [5.41, 5.74) is 6.63. The van der Waals surface area contributed by atoms with Crippen LogP contribution in [0.4, 0.5) is 5.69 Å². The molecule has 0 saturated carbocycles. The Morgan fingerprint density at radius 2 is 2.06 bits per heavy atom. The van der Waals surface area contributed by atoms with Crippen molar-refractivity contribution in [2.45, 2.75) is 6.92 Å². The van der Waals surface area contributed by atoms with Gasteiger partial charge in [0.05, 0.1) is 6.61 Å². The van der Waals surface area contributed by atoms with E-state index >= 15 is 0 Å². The summed E-state index contributed by atoms with van der Waals surface area (Å²) < 4.78 is 10.9. The van der Waals surface area contributed by atoms with E-state index in [1.165, 1.54) is 0 Å². The molecular weight excluding hydrogens is 216 g/mol. The molecule has 2 rings (SSSR count). The van der Waals surface area contributed by atoms with Gasteiger partial charge in [0.2, 0.25) is 0 Å². The Labute approximate surface area is 100 Å². The van der Waals surface area contributed by atoms with E-state index in [1.54, 1.807) is 12.4 Å². The smallest absolute Gasteiger partial charge is 0.128 e. The van der Waals surface area contributed by atoms with Gasteiger partial charge in [-0.05, 0) is 25.1 Å². The molecule has 1 aromatic heterocycles. The van der Waals surface area contributed by atoms with Gasteiger partial charge in [-0.15, -0.1) is 0 Å². The largest absolute Gasteiger partial charge is 0.490 e. The highest BCUT2D eigenvalue weighted by Gasteiger charge is 2.04. The second-order valence-corrected chi connectivity index (χ2v) is 3.62. The number of pyridine rings is 1. The highest BCUT2D eigenvalue weighted by molar-refractivity contribution is 5.96. The molecule has 1 aromatic carbocycles. The third-order valence-electron chi connectivity index (χ3n) is 2.50. The van der Waals surface area contributed by atoms with Crippen LogP contribution in [0, 0.1) is 0 Å². The molecule has 4 nitrogen and oxygen atoms in total. The molecule has 0 saturated heterocycles. The van der Waals surface area contributed by atoms with Crippen molar-refractivity contribution in [2.75, 3.05) is 25.6 Å². The second-order valence-electron chi connectivity index (χ2n) is 3.62. The van der Waals surface area contributed by atoms with Crippen molar-refractivity contribution in [1.82, 2.24) is 4.98 Å². The first-order valence-corrected chi connectivity index (χ1v) is 5.65. The number of fused-ring (bicyclic) bond motifs is 1. The summed E-state index contributed by atoms with van der Waals surface area (Å²) in [6.45, 7) is 3.78. The molecule has 0 spiro atoms. The zero-order valence-electron chi connectivity index (χ0n) is 9.85. The Morgan fingerprint density at radius 3 is 2.88 bits per heavy atom. The molecule has 0 aliphatic rings. The van der Waals surface area contributed by atoms with E-state index in [0.717, 1.165) is 22.2 Å². The lowest BCUT2D eigenvalue weighted by Gasteiger charge is -2.10. The summed E-state index contributed by atoms with van der Waals surface area (Å²) in [7, 11) is 0. The molecule has 0 aliphatic carbocycles. The van der Waals surface area contributed by atoms with Crippen molar-refractivity contribution < 1.29 is 9.47 Å². The predicted octanol–water partition coefficient (Wildman–Crippen LogP) is 2.23. The third kappa shape index (κ3) is 2.65. The molecule has 0 fully saturated rings. The Bertz CT molecular complexity index is 500. The highest BCUT2D eigenvalue weighted by Crippen LogP contribution is 2.28. The summed E-state index contributed by atoms with van der Waals surface area (Å²) in [6.07, 6.45) is 3.49. The zero-order chi connectivity index (χ0) is 12.1. The van der Waals surface area contributed by atoms with Crippen molar-refractivity contribution in [3.8, 4) is 5.75 Å². The molecule has 0 unspecified atom stereocenters. The van der Waals surface area contributed by atoms with Crippen molar-refractivity contribution in [2.24, 2.45) is 0 Å². The number of rotatable bonds is 5. The monoisotopic (exact) mass is 232 g/mol. The van der Waals surface area contributed by atoms with Crippen LogP contribution >= 0.6 is 0 Å². The Balaban J connectivity index is 2.20. The van der Waals surface area contributed by atoms with Crippen molar-refractivity contribution in [3.05, 3.63) is 30.6 Å². The van der Waals surface area contributed by atoms with Gasteiger partial charge in [-0.3, -0.25) is 4.98 Å². The quantitative estimate of drug-likeness (QED) is 0.634. The lowest BCUT2D eigenvalue weighted by molar-refractivity contribution is 0.111. The molecule has 0 atom stereocenters. The summed E-state index contributed by atoms with van der Waals surface area (Å²) in [4.78, 5) is 4.09. The fraction of sp³-hybridized carbons (Fsp3) is 0.308. The minimum Gasteiger partial charge on any atom is -0.490 e. The van der Waals surface area contributed by atoms with Gasteiger partial charge in [0.15, 0.2) is 0 Å². The zero-order valence-corrected chi connectivity index (χ0v) is 9.85. The van der Waals surface area contributed by atoms with E-state index in [1.807, 2.05) is 25.1 Å². The standard InChI is InChI=1S/C13H16N2O2/c1-2-16-7-8-17-13-4-3-12(14)10-5-6-15-9-11(10)13/h3-6,9H,2,7-8,14H2,1H3. The van der Waals surface area contributed by atoms with Crippen LogP contribution in [0.3, 0.4) is 0 Å². The number of ether oxygens (including phenoxy) is 2. The maximum atomic E-state index is 5.89. The number of hydrogen-bond acceptors (Lipinski definition) is 4. The van der Waals surface area contributed by atoms with Gasteiger partial charge >= 0.3 is 0 Å². The fourth-order valence-corrected chi connectivity index (χ4v) is 1.67. The van der Waals surface area contributed by atoms with Gasteiger partial charge in [0.25, 0.3) is 0 Å². The summed E-state index contributed by atoms with van der Waals surface area (Å²) in [5.74, 6) is 0.794. The molecule has 17 heavy (non-hydrogen) atoms. The van der Waals surface area contributed by atoms with Crippen molar-refractivity contribution >= 4 is 16.5 Å². The number of anilines is 1. The van der Waals surface area contributed by atoms with Gasteiger partial charge < -0.3 is 15.2 Å². The Kier molecular flexibility index (Phi) is 3.77. The summed E-state index contributed by atoms with van der Waals surface area (Å²) >= 11 is 0. The highest BCUT2D eigenvalue weighted by atomic mass is 16.5. The first-order valence-electron chi connectivity index (χ1n) is 5.65. The number of nitrogens with zero attached hydrogens (tertiary/aromatic N) is 1. The van der Waals surface area contributed by atoms with Gasteiger partial charge in [0, 0.05) is 35.5 Å². The van der Waals surface area contributed by atoms with Gasteiger partial charge in [-0.1, -0.05) is 0 Å². The van der Waals surface area contributed by atoms with E-state index in [9.17, 15) is 0 Å². The molecule has 4 heteroatoms. The first kappa shape index (κ1) is 11.7. The van der Waals surface area contributed by atoms with Crippen LogP contribution in [0.2, 0.25) is 0 Å². The Morgan fingerprint density at radius 1 is 1.18 bits per heavy atom. The SMILES string of the molecule is CCOCCOc1ccc(N)c2ccncc12. The number of nitrogens with two attached hydrogens (primary N) is 1. The fourth-order valence-electron chi connectivity index (χ4n) is 1.67. The number of aromatic nitrogens is 1. The Hall–Kier alpha value is -1.81. The molecule has 2 aromatic rings. The minimum atomic E-state index is 0.530. The van der Waals surface area contributed by atoms with E-state index in [-0.39, 0.29) is 0 Å². The van der Waals surface area contributed by atoms with Crippen molar-refractivity contribution in [1.29, 1.82) is 0 Å². The number of nitrogen functional groups attached to an aromatic ring is 1. The molecule has 0 amide bonds. The van der Waals surface area contributed by atoms with E-state index < -0.39 is 0 Å².